The molecule has 0 spiro atoms. The van der Waals surface area contributed by atoms with Crippen molar-refractivity contribution in [1.29, 1.82) is 0 Å². The van der Waals surface area contributed by atoms with Gasteiger partial charge in [-0.05, 0) is 51.3 Å². The number of halogens is 3. The fourth-order valence-corrected chi connectivity index (χ4v) is 2.61. The first-order valence-electron chi connectivity index (χ1n) is 5.56. The van der Waals surface area contributed by atoms with Crippen LogP contribution in [0.5, 0.6) is 5.75 Å². The summed E-state index contributed by atoms with van der Waals surface area (Å²) in [6, 6.07) is 9.45. The Kier molecular flexibility index (Phi) is 4.80. The molecule has 0 bridgehead atoms. The van der Waals surface area contributed by atoms with E-state index in [1.165, 1.54) is 12.1 Å². The molecule has 100 valence electrons. The molecule has 2 aromatic rings. The fraction of sp³-hybridized carbons (Fsp3) is 0.143. The Morgan fingerprint density at radius 3 is 2.42 bits per heavy atom. The zero-order valence-corrected chi connectivity index (χ0v) is 12.2. The van der Waals surface area contributed by atoms with Crippen LogP contribution in [0.1, 0.15) is 11.1 Å². The van der Waals surface area contributed by atoms with Gasteiger partial charge in [0.05, 0.1) is 16.1 Å². The van der Waals surface area contributed by atoms with Crippen molar-refractivity contribution < 1.29 is 14.2 Å². The molecule has 0 aliphatic rings. The van der Waals surface area contributed by atoms with Gasteiger partial charge >= 0.3 is 0 Å². The average Bonchev–Trinajstić information content (AvgIpc) is 2.39. The summed E-state index contributed by atoms with van der Waals surface area (Å²) in [5, 5.41) is 9.47. The smallest absolute Gasteiger partial charge is 0.152 e. The van der Waals surface area contributed by atoms with E-state index in [2.05, 4.69) is 15.9 Å². The van der Waals surface area contributed by atoms with Crippen LogP contribution in [0.2, 0.25) is 5.02 Å². The number of hydrogen-bond donors (Lipinski definition) is 1. The van der Waals surface area contributed by atoms with Gasteiger partial charge in [0.1, 0.15) is 12.4 Å². The van der Waals surface area contributed by atoms with Crippen LogP contribution < -0.4 is 4.74 Å². The molecule has 2 nitrogen and oxygen atoms in total. The highest BCUT2D eigenvalue weighted by molar-refractivity contribution is 9.10. The van der Waals surface area contributed by atoms with Gasteiger partial charge in [0, 0.05) is 0 Å². The summed E-state index contributed by atoms with van der Waals surface area (Å²) in [4.78, 5) is 0. The van der Waals surface area contributed by atoms with E-state index in [9.17, 15) is 4.39 Å². The molecule has 0 heterocycles. The summed E-state index contributed by atoms with van der Waals surface area (Å²) in [5.74, 6) is 0.221. The summed E-state index contributed by atoms with van der Waals surface area (Å²) in [6.07, 6.45) is 0. The van der Waals surface area contributed by atoms with Gasteiger partial charge in [0.25, 0.3) is 0 Å². The maximum atomic E-state index is 12.8. The maximum absolute atomic E-state index is 12.8. The van der Waals surface area contributed by atoms with Crippen LogP contribution in [0.4, 0.5) is 4.39 Å². The van der Waals surface area contributed by atoms with Gasteiger partial charge < -0.3 is 9.84 Å². The second-order valence-corrected chi connectivity index (χ2v) is 5.22. The van der Waals surface area contributed by atoms with E-state index in [0.29, 0.717) is 20.8 Å². The molecule has 0 amide bonds. The first kappa shape index (κ1) is 14.3. The SMILES string of the molecule is OCc1cc(Cl)c(OCc2ccc(F)cc2)c(Br)c1. The summed E-state index contributed by atoms with van der Waals surface area (Å²) in [7, 11) is 0. The van der Waals surface area contributed by atoms with E-state index in [0.717, 1.165) is 5.56 Å². The highest BCUT2D eigenvalue weighted by atomic mass is 79.9. The Morgan fingerprint density at radius 2 is 1.84 bits per heavy atom. The van der Waals surface area contributed by atoms with E-state index in [1.807, 2.05) is 0 Å². The number of hydrogen-bond acceptors (Lipinski definition) is 2. The summed E-state index contributed by atoms with van der Waals surface area (Å²) in [5.41, 5.74) is 1.54. The second-order valence-electron chi connectivity index (χ2n) is 3.96. The third-order valence-corrected chi connectivity index (χ3v) is 3.41. The second kappa shape index (κ2) is 6.37. The molecule has 0 saturated heterocycles. The van der Waals surface area contributed by atoms with Crippen molar-refractivity contribution in [3.8, 4) is 5.75 Å². The number of ether oxygens (including phenoxy) is 1. The van der Waals surface area contributed by atoms with Gasteiger partial charge in [-0.25, -0.2) is 4.39 Å². The molecule has 0 unspecified atom stereocenters. The van der Waals surface area contributed by atoms with Crippen molar-refractivity contribution in [3.05, 3.63) is 62.8 Å². The lowest BCUT2D eigenvalue weighted by atomic mass is 10.2. The molecule has 1 N–H and O–H groups in total. The van der Waals surface area contributed by atoms with Crippen molar-refractivity contribution in [2.24, 2.45) is 0 Å². The molecule has 0 radical (unpaired) electrons. The van der Waals surface area contributed by atoms with Crippen molar-refractivity contribution in [2.45, 2.75) is 13.2 Å². The Bertz CT molecular complexity index is 549. The van der Waals surface area contributed by atoms with Gasteiger partial charge in [-0.2, -0.15) is 0 Å². The van der Waals surface area contributed by atoms with Crippen molar-refractivity contribution >= 4 is 27.5 Å². The molecule has 2 aromatic carbocycles. The standard InChI is InChI=1S/C14H11BrClFO2/c15-12-5-10(7-18)6-13(16)14(12)19-8-9-1-3-11(17)4-2-9/h1-6,18H,7-8H2. The number of rotatable bonds is 4. The van der Waals surface area contributed by atoms with E-state index in [1.54, 1.807) is 24.3 Å². The predicted octanol–water partition coefficient (Wildman–Crippen LogP) is 4.31. The molecule has 0 saturated carbocycles. The van der Waals surface area contributed by atoms with Crippen LogP contribution in [0.3, 0.4) is 0 Å². The monoisotopic (exact) mass is 344 g/mol. The average molecular weight is 346 g/mol. The number of aliphatic hydroxyl groups is 1. The molecule has 0 aliphatic heterocycles. The Balaban J connectivity index is 2.13. The molecule has 2 rings (SSSR count). The molecule has 19 heavy (non-hydrogen) atoms. The van der Waals surface area contributed by atoms with Crippen molar-refractivity contribution in [2.75, 3.05) is 0 Å². The van der Waals surface area contributed by atoms with Gasteiger partial charge in [-0.1, -0.05) is 23.7 Å². The van der Waals surface area contributed by atoms with Crippen LogP contribution in [0.15, 0.2) is 40.9 Å². The van der Waals surface area contributed by atoms with E-state index in [4.69, 9.17) is 21.4 Å². The predicted molar refractivity (Wildman–Crippen MR) is 75.8 cm³/mol. The van der Waals surface area contributed by atoms with Crippen LogP contribution in [-0.2, 0) is 13.2 Å². The minimum atomic E-state index is -0.282. The quantitative estimate of drug-likeness (QED) is 0.894. The molecule has 0 aliphatic carbocycles. The first-order valence-corrected chi connectivity index (χ1v) is 6.73. The minimum absolute atomic E-state index is 0.0867. The Hall–Kier alpha value is -1.10. The highest BCUT2D eigenvalue weighted by Crippen LogP contribution is 2.35. The topological polar surface area (TPSA) is 29.5 Å². The van der Waals surface area contributed by atoms with Crippen LogP contribution in [-0.4, -0.2) is 5.11 Å². The molecular weight excluding hydrogens is 335 g/mol. The van der Waals surface area contributed by atoms with Crippen LogP contribution in [0.25, 0.3) is 0 Å². The lowest BCUT2D eigenvalue weighted by Gasteiger charge is -2.11. The zero-order chi connectivity index (χ0) is 13.8. The maximum Gasteiger partial charge on any atom is 0.152 e. The van der Waals surface area contributed by atoms with Crippen molar-refractivity contribution in [3.63, 3.8) is 0 Å². The summed E-state index contributed by atoms with van der Waals surface area (Å²) < 4.78 is 19.1. The molecular formula is C14H11BrClFO2. The van der Waals surface area contributed by atoms with E-state index in [-0.39, 0.29) is 19.0 Å². The van der Waals surface area contributed by atoms with Gasteiger partial charge in [-0.15, -0.1) is 0 Å². The third-order valence-electron chi connectivity index (χ3n) is 2.54. The van der Waals surface area contributed by atoms with Crippen LogP contribution in [0, 0.1) is 5.82 Å². The summed E-state index contributed by atoms with van der Waals surface area (Å²) in [6.45, 7) is 0.202. The van der Waals surface area contributed by atoms with Crippen molar-refractivity contribution in [1.82, 2.24) is 0 Å². The lowest BCUT2D eigenvalue weighted by Crippen LogP contribution is -1.98. The van der Waals surface area contributed by atoms with E-state index < -0.39 is 0 Å². The van der Waals surface area contributed by atoms with Gasteiger partial charge in [-0.3, -0.25) is 0 Å². The van der Waals surface area contributed by atoms with Gasteiger partial charge in [0.15, 0.2) is 5.75 Å². The first-order chi connectivity index (χ1) is 9.10. The molecule has 0 fully saturated rings. The van der Waals surface area contributed by atoms with Gasteiger partial charge in [0.2, 0.25) is 0 Å². The Morgan fingerprint density at radius 1 is 1.16 bits per heavy atom. The lowest BCUT2D eigenvalue weighted by molar-refractivity contribution is 0.280. The molecule has 0 aromatic heterocycles. The zero-order valence-electron chi connectivity index (χ0n) is 9.87. The third kappa shape index (κ3) is 3.69. The number of aliphatic hydroxyl groups excluding tert-OH is 1. The summed E-state index contributed by atoms with van der Waals surface area (Å²) >= 11 is 9.42. The molecule has 5 heteroatoms. The fourth-order valence-electron chi connectivity index (χ4n) is 1.58. The van der Waals surface area contributed by atoms with E-state index >= 15 is 0 Å². The number of benzene rings is 2. The van der Waals surface area contributed by atoms with Crippen LogP contribution >= 0.6 is 27.5 Å². The normalized spacial score (nSPS) is 10.5. The largest absolute Gasteiger partial charge is 0.486 e. The highest BCUT2D eigenvalue weighted by Gasteiger charge is 2.09. The Labute approximate surface area is 123 Å². The molecule has 0 atom stereocenters. The minimum Gasteiger partial charge on any atom is -0.486 e.